The molecule has 0 aliphatic rings. The van der Waals surface area contributed by atoms with Crippen molar-refractivity contribution in [3.63, 3.8) is 0 Å². The summed E-state index contributed by atoms with van der Waals surface area (Å²) in [5.74, 6) is 0.117. The van der Waals surface area contributed by atoms with Crippen LogP contribution in [0.3, 0.4) is 0 Å². The number of methoxy groups -OCH3 is 1. The molecule has 1 rings (SSSR count). The van der Waals surface area contributed by atoms with Gasteiger partial charge in [-0.15, -0.1) is 0 Å². The van der Waals surface area contributed by atoms with Crippen molar-refractivity contribution in [2.45, 2.75) is 52.8 Å². The number of amides is 1. The molecule has 22 heavy (non-hydrogen) atoms. The van der Waals surface area contributed by atoms with Gasteiger partial charge < -0.3 is 14.4 Å². The first kappa shape index (κ1) is 18.7. The third kappa shape index (κ3) is 4.87. The molecular weight excluding hydrogens is 353 g/mol. The number of ether oxygens (including phenoxy) is 2. The summed E-state index contributed by atoms with van der Waals surface area (Å²) in [5, 5.41) is 0. The molecule has 0 N–H and O–H groups in total. The van der Waals surface area contributed by atoms with Crippen LogP contribution in [-0.4, -0.2) is 29.7 Å². The molecule has 0 spiro atoms. The molecule has 0 radical (unpaired) electrons. The summed E-state index contributed by atoms with van der Waals surface area (Å²) >= 11 is 3.23. The Morgan fingerprint density at radius 3 is 2.41 bits per heavy atom. The predicted molar refractivity (Wildman–Crippen MR) is 87.6 cm³/mol. The Morgan fingerprint density at radius 1 is 1.36 bits per heavy atom. The smallest absolute Gasteiger partial charge is 0.410 e. The monoisotopic (exact) mass is 375 g/mol. The van der Waals surface area contributed by atoms with E-state index >= 15 is 0 Å². The summed E-state index contributed by atoms with van der Waals surface area (Å²) in [7, 11) is 1.51. The van der Waals surface area contributed by atoms with Crippen molar-refractivity contribution < 1.29 is 18.7 Å². The number of benzene rings is 1. The highest BCUT2D eigenvalue weighted by molar-refractivity contribution is 9.10. The molecule has 1 aromatic carbocycles. The van der Waals surface area contributed by atoms with Crippen LogP contribution in [0.5, 0.6) is 5.75 Å². The molecule has 4 nitrogen and oxygen atoms in total. The maximum atomic E-state index is 13.8. The molecule has 0 unspecified atom stereocenters. The van der Waals surface area contributed by atoms with Gasteiger partial charge in [-0.1, -0.05) is 0 Å². The first-order valence-corrected chi connectivity index (χ1v) is 7.86. The fourth-order valence-electron chi connectivity index (χ4n) is 1.86. The van der Waals surface area contributed by atoms with Crippen LogP contribution in [0.4, 0.5) is 9.18 Å². The largest absolute Gasteiger partial charge is 0.496 e. The summed E-state index contributed by atoms with van der Waals surface area (Å²) in [6.45, 7) is 9.37. The van der Waals surface area contributed by atoms with E-state index in [0.29, 0.717) is 15.8 Å². The fourth-order valence-corrected chi connectivity index (χ4v) is 2.32. The average molecular weight is 376 g/mol. The second-order valence-corrected chi connectivity index (χ2v) is 7.04. The van der Waals surface area contributed by atoms with Gasteiger partial charge in [-0.25, -0.2) is 9.18 Å². The first-order chi connectivity index (χ1) is 10.1. The van der Waals surface area contributed by atoms with Crippen LogP contribution in [0.15, 0.2) is 16.6 Å². The molecule has 0 aromatic heterocycles. The number of hydrogen-bond acceptors (Lipinski definition) is 3. The van der Waals surface area contributed by atoms with Gasteiger partial charge in [-0.05, 0) is 62.7 Å². The highest BCUT2D eigenvalue weighted by Gasteiger charge is 2.26. The van der Waals surface area contributed by atoms with Crippen LogP contribution >= 0.6 is 15.9 Å². The van der Waals surface area contributed by atoms with Crippen LogP contribution in [-0.2, 0) is 11.3 Å². The van der Waals surface area contributed by atoms with E-state index in [4.69, 9.17) is 9.47 Å². The van der Waals surface area contributed by atoms with Gasteiger partial charge in [0.1, 0.15) is 17.2 Å². The lowest BCUT2D eigenvalue weighted by Gasteiger charge is -2.30. The van der Waals surface area contributed by atoms with Crippen LogP contribution in [0.25, 0.3) is 0 Å². The second kappa shape index (κ2) is 7.31. The highest BCUT2D eigenvalue weighted by atomic mass is 79.9. The molecular formula is C16H23BrFNO3. The predicted octanol–water partition coefficient (Wildman–Crippen LogP) is 4.74. The summed E-state index contributed by atoms with van der Waals surface area (Å²) in [6, 6.07) is 2.76. The number of carbonyl (C=O) groups excluding carboxylic acids is 1. The SMILES string of the molecule is COc1ccc(F)c(Br)c1CN(C(=O)OC(C)(C)C)C(C)C. The van der Waals surface area contributed by atoms with Gasteiger partial charge >= 0.3 is 6.09 Å². The van der Waals surface area contributed by atoms with Crippen LogP contribution < -0.4 is 4.74 Å². The zero-order chi connectivity index (χ0) is 17.1. The minimum Gasteiger partial charge on any atom is -0.496 e. The number of nitrogens with zero attached hydrogens (tertiary/aromatic N) is 1. The van der Waals surface area contributed by atoms with Crippen molar-refractivity contribution in [3.8, 4) is 5.75 Å². The third-order valence-corrected chi connectivity index (χ3v) is 3.81. The van der Waals surface area contributed by atoms with E-state index in [1.165, 1.54) is 18.1 Å². The van der Waals surface area contributed by atoms with E-state index < -0.39 is 17.5 Å². The number of carbonyl (C=O) groups is 1. The molecule has 0 atom stereocenters. The van der Waals surface area contributed by atoms with Gasteiger partial charge in [0, 0.05) is 11.6 Å². The Bertz CT molecular complexity index is 541. The second-order valence-electron chi connectivity index (χ2n) is 6.24. The maximum absolute atomic E-state index is 13.8. The Labute approximate surface area is 139 Å². The van der Waals surface area contributed by atoms with Crippen LogP contribution in [0.2, 0.25) is 0 Å². The lowest BCUT2D eigenvalue weighted by Crippen LogP contribution is -2.40. The molecule has 1 amide bonds. The van der Waals surface area contributed by atoms with Crippen molar-refractivity contribution in [2.24, 2.45) is 0 Å². The number of hydrogen-bond donors (Lipinski definition) is 0. The van der Waals surface area contributed by atoms with E-state index in [2.05, 4.69) is 15.9 Å². The van der Waals surface area contributed by atoms with E-state index in [1.54, 1.807) is 6.07 Å². The minimum absolute atomic E-state index is 0.102. The van der Waals surface area contributed by atoms with Crippen molar-refractivity contribution in [2.75, 3.05) is 7.11 Å². The van der Waals surface area contributed by atoms with Gasteiger partial charge in [0.25, 0.3) is 0 Å². The quantitative estimate of drug-likeness (QED) is 0.762. The summed E-state index contributed by atoms with van der Waals surface area (Å²) in [4.78, 5) is 13.9. The lowest BCUT2D eigenvalue weighted by molar-refractivity contribution is 0.0170. The Kier molecular flexibility index (Phi) is 6.23. The molecule has 1 aromatic rings. The minimum atomic E-state index is -0.590. The highest BCUT2D eigenvalue weighted by Crippen LogP contribution is 2.31. The van der Waals surface area contributed by atoms with Crippen molar-refractivity contribution >= 4 is 22.0 Å². The van der Waals surface area contributed by atoms with Gasteiger partial charge in [0.15, 0.2) is 0 Å². The molecule has 0 aliphatic heterocycles. The molecule has 0 saturated carbocycles. The molecule has 0 aliphatic carbocycles. The van der Waals surface area contributed by atoms with E-state index in [9.17, 15) is 9.18 Å². The Balaban J connectivity index is 3.12. The number of halogens is 2. The van der Waals surface area contributed by atoms with Crippen LogP contribution in [0.1, 0.15) is 40.2 Å². The Morgan fingerprint density at radius 2 is 1.95 bits per heavy atom. The molecule has 0 fully saturated rings. The molecule has 124 valence electrons. The van der Waals surface area contributed by atoms with Crippen molar-refractivity contribution in [1.29, 1.82) is 0 Å². The molecule has 0 saturated heterocycles. The molecule has 0 bridgehead atoms. The fraction of sp³-hybridized carbons (Fsp3) is 0.562. The van der Waals surface area contributed by atoms with Crippen LogP contribution in [0, 0.1) is 5.82 Å². The normalized spacial score (nSPS) is 11.5. The average Bonchev–Trinajstić information content (AvgIpc) is 2.37. The number of rotatable bonds is 4. The van der Waals surface area contributed by atoms with Crippen molar-refractivity contribution in [3.05, 3.63) is 28.0 Å². The van der Waals surface area contributed by atoms with Gasteiger partial charge in [0.05, 0.1) is 18.1 Å². The molecule has 6 heteroatoms. The Hall–Kier alpha value is -1.30. The molecule has 0 heterocycles. The standard InChI is InChI=1S/C16H23BrFNO3/c1-10(2)19(15(20)22-16(3,4)5)9-11-13(21-6)8-7-12(18)14(11)17/h7-8,10H,9H2,1-6H3. The first-order valence-electron chi connectivity index (χ1n) is 7.07. The van der Waals surface area contributed by atoms with E-state index in [1.807, 2.05) is 34.6 Å². The van der Waals surface area contributed by atoms with Gasteiger partial charge in [0.2, 0.25) is 0 Å². The van der Waals surface area contributed by atoms with Gasteiger partial charge in [-0.3, -0.25) is 0 Å². The zero-order valence-electron chi connectivity index (χ0n) is 13.9. The third-order valence-electron chi connectivity index (χ3n) is 2.95. The van der Waals surface area contributed by atoms with Gasteiger partial charge in [-0.2, -0.15) is 0 Å². The topological polar surface area (TPSA) is 38.8 Å². The van der Waals surface area contributed by atoms with E-state index in [-0.39, 0.29) is 12.6 Å². The van der Waals surface area contributed by atoms with E-state index in [0.717, 1.165) is 0 Å². The summed E-state index contributed by atoms with van der Waals surface area (Å²) in [6.07, 6.45) is -0.444. The summed E-state index contributed by atoms with van der Waals surface area (Å²) < 4.78 is 24.8. The lowest BCUT2D eigenvalue weighted by atomic mass is 10.1. The maximum Gasteiger partial charge on any atom is 0.410 e. The summed E-state index contributed by atoms with van der Waals surface area (Å²) in [5.41, 5.74) is -0.0185. The zero-order valence-corrected chi connectivity index (χ0v) is 15.5. The van der Waals surface area contributed by atoms with Crippen molar-refractivity contribution in [1.82, 2.24) is 4.90 Å².